The molecule has 0 bridgehead atoms. The summed E-state index contributed by atoms with van der Waals surface area (Å²) in [5.41, 5.74) is 0. The molecule has 3 fully saturated rings. The largest absolute Gasteiger partial charge is 0.375 e. The van der Waals surface area contributed by atoms with Crippen molar-refractivity contribution in [2.45, 2.75) is 95.8 Å². The molecular weight excluding hydrogens is 313 g/mol. The molecule has 3 rings (SSSR count). The molecule has 0 aromatic carbocycles. The van der Waals surface area contributed by atoms with Crippen LogP contribution in [0.5, 0.6) is 0 Å². The van der Waals surface area contributed by atoms with E-state index >= 15 is 0 Å². The van der Waals surface area contributed by atoms with Crippen LogP contribution >= 0.6 is 0 Å². The average molecular weight is 346 g/mol. The number of ether oxygens (including phenoxy) is 1. The van der Waals surface area contributed by atoms with E-state index in [9.17, 15) is 13.2 Å². The highest BCUT2D eigenvalue weighted by atomic mass is 19.1. The Balaban J connectivity index is 1.49. The fourth-order valence-electron chi connectivity index (χ4n) is 5.59. The third kappa shape index (κ3) is 4.28. The summed E-state index contributed by atoms with van der Waals surface area (Å²) in [5, 5.41) is 0. The van der Waals surface area contributed by atoms with E-state index in [4.69, 9.17) is 4.74 Å². The van der Waals surface area contributed by atoms with Crippen molar-refractivity contribution in [2.24, 2.45) is 23.7 Å². The highest BCUT2D eigenvalue weighted by Gasteiger charge is 2.42. The lowest BCUT2D eigenvalue weighted by Crippen LogP contribution is -2.41. The van der Waals surface area contributed by atoms with Gasteiger partial charge in [0.2, 0.25) is 0 Å². The van der Waals surface area contributed by atoms with E-state index in [1.165, 1.54) is 0 Å². The first-order chi connectivity index (χ1) is 11.6. The van der Waals surface area contributed by atoms with Crippen LogP contribution in [-0.2, 0) is 4.74 Å². The third-order valence-electron chi connectivity index (χ3n) is 6.97. The Morgan fingerprint density at radius 1 is 0.708 bits per heavy atom. The zero-order valence-corrected chi connectivity index (χ0v) is 14.9. The van der Waals surface area contributed by atoms with Crippen molar-refractivity contribution in [2.75, 3.05) is 6.61 Å². The van der Waals surface area contributed by atoms with Gasteiger partial charge in [-0.15, -0.1) is 0 Å². The minimum Gasteiger partial charge on any atom is -0.375 e. The van der Waals surface area contributed by atoms with Crippen LogP contribution in [0.25, 0.3) is 0 Å². The van der Waals surface area contributed by atoms with Crippen LogP contribution in [0.3, 0.4) is 0 Å². The van der Waals surface area contributed by atoms with Crippen molar-refractivity contribution in [3.63, 3.8) is 0 Å². The first-order valence-electron chi connectivity index (χ1n) is 10.1. The summed E-state index contributed by atoms with van der Waals surface area (Å²) in [7, 11) is 0. The van der Waals surface area contributed by atoms with Gasteiger partial charge in [0.1, 0.15) is 18.5 Å². The Bertz CT molecular complexity index is 383. The third-order valence-corrected chi connectivity index (χ3v) is 6.97. The monoisotopic (exact) mass is 346 g/mol. The Morgan fingerprint density at radius 3 is 1.96 bits per heavy atom. The Kier molecular flexibility index (Phi) is 6.50. The second-order valence-electron chi connectivity index (χ2n) is 8.35. The summed E-state index contributed by atoms with van der Waals surface area (Å²) in [5.74, 6) is 1.14. The maximum atomic E-state index is 14.9. The van der Waals surface area contributed by atoms with Crippen LogP contribution in [0.2, 0.25) is 0 Å². The highest BCUT2D eigenvalue weighted by molar-refractivity contribution is 4.92. The maximum absolute atomic E-state index is 14.9. The van der Waals surface area contributed by atoms with Gasteiger partial charge >= 0.3 is 0 Å². The average Bonchev–Trinajstić information content (AvgIpc) is 2.57. The molecule has 6 atom stereocenters. The molecular formula is C20H33F3O. The Hall–Kier alpha value is -0.250. The summed E-state index contributed by atoms with van der Waals surface area (Å²) in [6, 6.07) is 0. The van der Waals surface area contributed by atoms with Crippen molar-refractivity contribution >= 4 is 0 Å². The molecule has 3 aliphatic rings. The number of rotatable bonds is 4. The molecule has 3 saturated carbocycles. The molecule has 0 aliphatic heterocycles. The Labute approximate surface area is 144 Å². The van der Waals surface area contributed by atoms with E-state index in [0.29, 0.717) is 44.1 Å². The molecule has 0 spiro atoms. The van der Waals surface area contributed by atoms with Gasteiger partial charge in [0, 0.05) is 6.61 Å². The summed E-state index contributed by atoms with van der Waals surface area (Å²) >= 11 is 0. The minimum atomic E-state index is -0.937. The number of hydrogen-bond acceptors (Lipinski definition) is 1. The summed E-state index contributed by atoms with van der Waals surface area (Å²) in [6.07, 6.45) is 5.16. The SMILES string of the molecule is CCOC1CCC(C2CCC(C3CCC(F)CC3)CC2F)CC1F. The van der Waals surface area contributed by atoms with Gasteiger partial charge in [0.05, 0.1) is 6.10 Å². The zero-order valence-electron chi connectivity index (χ0n) is 14.9. The molecule has 0 heterocycles. The lowest BCUT2D eigenvalue weighted by Gasteiger charge is -2.43. The molecule has 4 heteroatoms. The number of alkyl halides is 3. The zero-order chi connectivity index (χ0) is 17.1. The van der Waals surface area contributed by atoms with Crippen LogP contribution in [0.15, 0.2) is 0 Å². The molecule has 0 radical (unpaired) electrons. The van der Waals surface area contributed by atoms with E-state index in [1.807, 2.05) is 6.92 Å². The van der Waals surface area contributed by atoms with Crippen LogP contribution < -0.4 is 0 Å². The Morgan fingerprint density at radius 2 is 1.33 bits per heavy atom. The van der Waals surface area contributed by atoms with Crippen LogP contribution in [0.4, 0.5) is 13.2 Å². The summed E-state index contributed by atoms with van der Waals surface area (Å²) in [6.45, 7) is 2.45. The molecule has 0 amide bonds. The number of hydrogen-bond donors (Lipinski definition) is 0. The van der Waals surface area contributed by atoms with E-state index in [2.05, 4.69) is 0 Å². The van der Waals surface area contributed by atoms with E-state index in [0.717, 1.165) is 38.5 Å². The smallest absolute Gasteiger partial charge is 0.126 e. The molecule has 0 aromatic heterocycles. The fraction of sp³-hybridized carbons (Fsp3) is 1.00. The normalized spacial score (nSPS) is 47.5. The van der Waals surface area contributed by atoms with Crippen molar-refractivity contribution in [3.05, 3.63) is 0 Å². The van der Waals surface area contributed by atoms with Gasteiger partial charge in [0.25, 0.3) is 0 Å². The predicted octanol–water partition coefficient (Wildman–Crippen LogP) is 5.81. The van der Waals surface area contributed by atoms with Gasteiger partial charge in [-0.25, -0.2) is 13.2 Å². The standard InChI is InChI=1S/C20H33F3O/c1-2-24-20-10-6-15(12-19(20)23)17-9-5-14(11-18(17)22)13-3-7-16(21)8-4-13/h13-20H,2-12H2,1H3. The molecule has 0 saturated heterocycles. The quantitative estimate of drug-likeness (QED) is 0.624. The molecule has 140 valence electrons. The van der Waals surface area contributed by atoms with Gasteiger partial charge in [-0.2, -0.15) is 0 Å². The molecule has 24 heavy (non-hydrogen) atoms. The minimum absolute atomic E-state index is 0.0274. The van der Waals surface area contributed by atoms with Crippen LogP contribution in [0.1, 0.15) is 71.1 Å². The summed E-state index contributed by atoms with van der Waals surface area (Å²) < 4.78 is 47.9. The van der Waals surface area contributed by atoms with Crippen molar-refractivity contribution in [1.82, 2.24) is 0 Å². The van der Waals surface area contributed by atoms with Crippen LogP contribution in [0, 0.1) is 23.7 Å². The molecule has 1 nitrogen and oxygen atoms in total. The van der Waals surface area contributed by atoms with Gasteiger partial charge < -0.3 is 4.74 Å². The first-order valence-corrected chi connectivity index (χ1v) is 10.1. The van der Waals surface area contributed by atoms with Gasteiger partial charge in [0.15, 0.2) is 0 Å². The molecule has 0 N–H and O–H groups in total. The van der Waals surface area contributed by atoms with Gasteiger partial charge in [-0.3, -0.25) is 0 Å². The van der Waals surface area contributed by atoms with Crippen molar-refractivity contribution < 1.29 is 17.9 Å². The fourth-order valence-corrected chi connectivity index (χ4v) is 5.59. The van der Waals surface area contributed by atoms with Gasteiger partial charge in [-0.1, -0.05) is 0 Å². The number of halogens is 3. The summed E-state index contributed by atoms with van der Waals surface area (Å²) in [4.78, 5) is 0. The van der Waals surface area contributed by atoms with E-state index < -0.39 is 18.5 Å². The second kappa shape index (κ2) is 8.42. The predicted molar refractivity (Wildman–Crippen MR) is 90.2 cm³/mol. The molecule has 3 aliphatic carbocycles. The van der Waals surface area contributed by atoms with Crippen molar-refractivity contribution in [3.8, 4) is 0 Å². The lowest BCUT2D eigenvalue weighted by molar-refractivity contribution is -0.0521. The molecule has 6 unspecified atom stereocenters. The van der Waals surface area contributed by atoms with E-state index in [1.54, 1.807) is 0 Å². The van der Waals surface area contributed by atoms with Crippen LogP contribution in [-0.4, -0.2) is 31.2 Å². The van der Waals surface area contributed by atoms with Crippen molar-refractivity contribution in [1.29, 1.82) is 0 Å². The van der Waals surface area contributed by atoms with E-state index in [-0.39, 0.29) is 17.9 Å². The molecule has 0 aromatic rings. The van der Waals surface area contributed by atoms with Gasteiger partial charge in [-0.05, 0) is 94.8 Å². The lowest BCUT2D eigenvalue weighted by atomic mass is 9.65. The second-order valence-corrected chi connectivity index (χ2v) is 8.35. The maximum Gasteiger partial charge on any atom is 0.126 e. The first kappa shape index (κ1) is 18.5. The topological polar surface area (TPSA) is 9.23 Å². The highest BCUT2D eigenvalue weighted by Crippen LogP contribution is 2.46.